The van der Waals surface area contributed by atoms with E-state index in [4.69, 9.17) is 14.6 Å². The first kappa shape index (κ1) is 17.7. The van der Waals surface area contributed by atoms with Gasteiger partial charge in [-0.15, -0.1) is 0 Å². The van der Waals surface area contributed by atoms with Crippen molar-refractivity contribution >= 4 is 12.6 Å². The van der Waals surface area contributed by atoms with Crippen molar-refractivity contribution in [3.63, 3.8) is 0 Å². The molecule has 0 atom stereocenters. The number of aldehydes is 2. The third-order valence-corrected chi connectivity index (χ3v) is 2.13. The van der Waals surface area contributed by atoms with Gasteiger partial charge < -0.3 is 10.2 Å². The predicted molar refractivity (Wildman–Crippen MR) is 69.7 cm³/mol. The van der Waals surface area contributed by atoms with Crippen LogP contribution < -0.4 is 0 Å². The Kier molecular flexibility index (Phi) is 9.37. The van der Waals surface area contributed by atoms with Crippen LogP contribution in [0.4, 0.5) is 0 Å². The molecule has 0 heterocycles. The normalized spacial score (nSPS) is 8.25. The molecule has 107 valence electrons. The summed E-state index contributed by atoms with van der Waals surface area (Å²) < 4.78 is 5.44. The van der Waals surface area contributed by atoms with E-state index in [1.807, 2.05) is 0 Å². The van der Waals surface area contributed by atoms with Gasteiger partial charge in [0.1, 0.15) is 11.5 Å². The number of nitrogens with one attached hydrogen (secondary N) is 1. The van der Waals surface area contributed by atoms with E-state index in [1.165, 1.54) is 12.1 Å². The summed E-state index contributed by atoms with van der Waals surface area (Å²) in [6.07, 6.45) is 1.24. The molecule has 0 aromatic heterocycles. The number of aromatic hydroxyl groups is 2. The van der Waals surface area contributed by atoms with Crippen LogP contribution in [-0.4, -0.2) is 22.8 Å². The second-order valence-corrected chi connectivity index (χ2v) is 3.35. The SMILES string of the molecule is O=Cc1ccccc1O.O=Cc1ccccc1O.[NH]=[Co]. The van der Waals surface area contributed by atoms with Gasteiger partial charge in [0.05, 0.1) is 11.1 Å². The average Bonchev–Trinajstić information content (AvgIpc) is 2.51. The number of carbonyl (C=O) groups is 2. The second kappa shape index (κ2) is 10.6. The van der Waals surface area contributed by atoms with E-state index in [2.05, 4.69) is 15.5 Å². The second-order valence-electron chi connectivity index (χ2n) is 3.35. The van der Waals surface area contributed by atoms with Crippen LogP contribution in [0, 0.1) is 4.41 Å². The van der Waals surface area contributed by atoms with E-state index in [-0.39, 0.29) is 11.5 Å². The molecule has 0 amide bonds. The zero-order valence-electron chi connectivity index (χ0n) is 10.3. The first-order chi connectivity index (χ1) is 9.69. The zero-order valence-corrected chi connectivity index (χ0v) is 11.4. The Morgan fingerprint density at radius 1 is 0.750 bits per heavy atom. The van der Waals surface area contributed by atoms with Crippen molar-refractivity contribution in [3.8, 4) is 11.5 Å². The first-order valence-corrected chi connectivity index (χ1v) is 5.84. The van der Waals surface area contributed by atoms with Crippen molar-refractivity contribution in [1.82, 2.24) is 0 Å². The van der Waals surface area contributed by atoms with Gasteiger partial charge in [-0.2, -0.15) is 0 Å². The van der Waals surface area contributed by atoms with Gasteiger partial charge in [0.15, 0.2) is 12.6 Å². The summed E-state index contributed by atoms with van der Waals surface area (Å²) in [4.78, 5) is 20.1. The van der Waals surface area contributed by atoms with Gasteiger partial charge in [-0.25, -0.2) is 0 Å². The van der Waals surface area contributed by atoms with E-state index in [9.17, 15) is 9.59 Å². The van der Waals surface area contributed by atoms with E-state index in [1.54, 1.807) is 36.4 Å². The third-order valence-electron chi connectivity index (χ3n) is 2.13. The monoisotopic (exact) mass is 318 g/mol. The van der Waals surface area contributed by atoms with Crippen LogP contribution in [0.2, 0.25) is 0 Å². The summed E-state index contributed by atoms with van der Waals surface area (Å²) >= 11 is 2.81. The van der Waals surface area contributed by atoms with Gasteiger partial charge >= 0.3 is 20.0 Å². The van der Waals surface area contributed by atoms with E-state index in [0.29, 0.717) is 23.7 Å². The summed E-state index contributed by atoms with van der Waals surface area (Å²) in [5.74, 6) is 0.0694. The maximum absolute atomic E-state index is 10.1. The Hall–Kier alpha value is -2.31. The van der Waals surface area contributed by atoms with Gasteiger partial charge in [-0.1, -0.05) is 24.3 Å². The molecule has 6 heteroatoms. The minimum atomic E-state index is 0.0347. The number of benzene rings is 2. The summed E-state index contributed by atoms with van der Waals surface area (Å²) in [5.41, 5.74) is 0.662. The molecule has 0 aliphatic carbocycles. The molecule has 0 saturated heterocycles. The quantitative estimate of drug-likeness (QED) is 0.741. The zero-order chi connectivity index (χ0) is 15.4. The molecule has 0 aliphatic heterocycles. The van der Waals surface area contributed by atoms with Crippen molar-refractivity contribution in [3.05, 3.63) is 59.7 Å². The Morgan fingerprint density at radius 3 is 1.25 bits per heavy atom. The van der Waals surface area contributed by atoms with E-state index in [0.717, 1.165) is 0 Å². The van der Waals surface area contributed by atoms with Crippen LogP contribution in [0.3, 0.4) is 0 Å². The van der Waals surface area contributed by atoms with E-state index < -0.39 is 0 Å². The number of hydrogen-bond donors (Lipinski definition) is 3. The van der Waals surface area contributed by atoms with Gasteiger partial charge in [0.25, 0.3) is 0 Å². The Labute approximate surface area is 124 Å². The van der Waals surface area contributed by atoms with Crippen molar-refractivity contribution in [2.75, 3.05) is 0 Å². The number of para-hydroxylation sites is 2. The molecule has 0 saturated carbocycles. The minimum absolute atomic E-state index is 0.0347. The summed E-state index contributed by atoms with van der Waals surface area (Å²) in [5, 5.41) is 17.8. The third kappa shape index (κ3) is 6.03. The van der Waals surface area contributed by atoms with Gasteiger partial charge in [-0.05, 0) is 24.3 Å². The fourth-order valence-electron chi connectivity index (χ4n) is 1.17. The summed E-state index contributed by atoms with van der Waals surface area (Å²) in [6, 6.07) is 12.8. The molecule has 0 unspecified atom stereocenters. The number of carbonyl (C=O) groups excluding carboxylic acids is 2. The van der Waals surface area contributed by atoms with Crippen LogP contribution >= 0.6 is 0 Å². The molecule has 0 fully saturated rings. The number of phenolic OH excluding ortho intramolecular Hbond substituents is 2. The number of rotatable bonds is 2. The van der Waals surface area contributed by atoms with Crippen molar-refractivity contribution in [2.24, 2.45) is 0 Å². The van der Waals surface area contributed by atoms with Crippen molar-refractivity contribution in [1.29, 1.82) is 4.41 Å². The van der Waals surface area contributed by atoms with Crippen molar-refractivity contribution < 1.29 is 35.3 Å². The molecular weight excluding hydrogens is 305 g/mol. The molecule has 0 radical (unpaired) electrons. The standard InChI is InChI=1S/2C7H6O2.Co.HN/c2*8-5-6-3-1-2-4-7(6)9;;/h2*1-5,9H;;1H. The molecule has 0 spiro atoms. The molecule has 20 heavy (non-hydrogen) atoms. The first-order valence-electron chi connectivity index (χ1n) is 5.32. The molecule has 2 aromatic rings. The molecule has 2 rings (SSSR count). The number of hydrogen-bond acceptors (Lipinski definition) is 5. The summed E-state index contributed by atoms with van der Waals surface area (Å²) in [6.45, 7) is 0. The van der Waals surface area contributed by atoms with Crippen LogP contribution in [-0.2, 0) is 15.5 Å². The molecule has 2 aromatic carbocycles. The van der Waals surface area contributed by atoms with Gasteiger partial charge in [0, 0.05) is 0 Å². The Bertz CT molecular complexity index is 511. The van der Waals surface area contributed by atoms with Gasteiger partial charge in [0.2, 0.25) is 0 Å². The molecule has 3 N–H and O–H groups in total. The Balaban J connectivity index is 0.000000321. The average molecular weight is 318 g/mol. The number of phenols is 2. The maximum atomic E-state index is 10.1. The van der Waals surface area contributed by atoms with Gasteiger partial charge in [-0.3, -0.25) is 9.59 Å². The fourth-order valence-corrected chi connectivity index (χ4v) is 1.17. The molecule has 0 aliphatic rings. The van der Waals surface area contributed by atoms with E-state index >= 15 is 0 Å². The van der Waals surface area contributed by atoms with Crippen LogP contribution in [0.15, 0.2) is 48.5 Å². The molecular formula is C14H13CoNO4. The summed E-state index contributed by atoms with van der Waals surface area (Å²) in [7, 11) is 0. The molecule has 0 bridgehead atoms. The van der Waals surface area contributed by atoms with Crippen LogP contribution in [0.25, 0.3) is 0 Å². The fraction of sp³-hybridized carbons (Fsp3) is 0. The Morgan fingerprint density at radius 2 is 1.05 bits per heavy atom. The van der Waals surface area contributed by atoms with Crippen LogP contribution in [0.5, 0.6) is 11.5 Å². The van der Waals surface area contributed by atoms with Crippen LogP contribution in [0.1, 0.15) is 20.7 Å². The topological polar surface area (TPSA) is 98.4 Å². The molecule has 5 nitrogen and oxygen atoms in total. The van der Waals surface area contributed by atoms with Crippen molar-refractivity contribution in [2.45, 2.75) is 0 Å². The predicted octanol–water partition coefficient (Wildman–Crippen LogP) is 2.70.